The molecule has 1 fully saturated rings. The Bertz CT molecular complexity index is 661. The van der Waals surface area contributed by atoms with Gasteiger partial charge in [0.05, 0.1) is 10.0 Å². The van der Waals surface area contributed by atoms with Crippen LogP contribution in [0.15, 0.2) is 21.5 Å². The summed E-state index contributed by atoms with van der Waals surface area (Å²) in [5.41, 5.74) is -0.110. The van der Waals surface area contributed by atoms with Gasteiger partial charge < -0.3 is 10.1 Å². The van der Waals surface area contributed by atoms with Crippen molar-refractivity contribution < 1.29 is 22.3 Å². The number of nitrogens with one attached hydrogen (secondary N) is 1. The molecule has 0 bridgehead atoms. The van der Waals surface area contributed by atoms with E-state index >= 15 is 0 Å². The summed E-state index contributed by atoms with van der Waals surface area (Å²) in [5.74, 6) is -1.41. The van der Waals surface area contributed by atoms with Crippen molar-refractivity contribution >= 4 is 41.6 Å². The molecule has 0 aliphatic carbocycles. The molecule has 9 heteroatoms. The Hall–Kier alpha value is -0.700. The number of hydrogen-bond donors (Lipinski definition) is 1. The van der Waals surface area contributed by atoms with Crippen LogP contribution in [-0.2, 0) is 13.8 Å². The predicted octanol–water partition coefficient (Wildman–Crippen LogP) is 2.42. The molecule has 0 aromatic heterocycles. The van der Waals surface area contributed by atoms with Crippen LogP contribution in [0, 0.1) is 5.82 Å². The van der Waals surface area contributed by atoms with E-state index in [0.29, 0.717) is 26.1 Å². The lowest BCUT2D eigenvalue weighted by atomic mass is 10.1. The molecule has 21 heavy (non-hydrogen) atoms. The molecule has 1 aliphatic rings. The van der Waals surface area contributed by atoms with Gasteiger partial charge in [-0.05, 0) is 40.9 Å². The van der Waals surface area contributed by atoms with Crippen molar-refractivity contribution in [2.75, 3.05) is 13.2 Å². The van der Waals surface area contributed by atoms with Crippen molar-refractivity contribution in [2.45, 2.75) is 23.8 Å². The first-order valence-electron chi connectivity index (χ1n) is 6.11. The molecule has 2 rings (SSSR count). The monoisotopic (exact) mass is 399 g/mol. The van der Waals surface area contributed by atoms with Crippen LogP contribution in [0.3, 0.4) is 0 Å². The third-order valence-electron chi connectivity index (χ3n) is 3.07. The highest BCUT2D eigenvalue weighted by molar-refractivity contribution is 9.10. The highest BCUT2D eigenvalue weighted by Crippen LogP contribution is 2.30. The molecular formula is C12H12BrClFNO4S. The second-order valence-corrected chi connectivity index (χ2v) is 7.89. The van der Waals surface area contributed by atoms with E-state index in [1.807, 2.05) is 0 Å². The van der Waals surface area contributed by atoms with E-state index in [2.05, 4.69) is 21.2 Å². The van der Waals surface area contributed by atoms with Crippen LogP contribution in [0.2, 0.25) is 0 Å². The highest BCUT2D eigenvalue weighted by Gasteiger charge is 2.24. The van der Waals surface area contributed by atoms with Gasteiger partial charge in [-0.2, -0.15) is 0 Å². The molecule has 1 aliphatic heterocycles. The fourth-order valence-corrected chi connectivity index (χ4v) is 4.28. The second kappa shape index (κ2) is 6.60. The fourth-order valence-electron chi connectivity index (χ4n) is 2.01. The van der Waals surface area contributed by atoms with Crippen molar-refractivity contribution in [2.24, 2.45) is 0 Å². The van der Waals surface area contributed by atoms with E-state index in [4.69, 9.17) is 15.4 Å². The Morgan fingerprint density at radius 2 is 2.00 bits per heavy atom. The molecule has 0 atom stereocenters. The number of amides is 1. The largest absolute Gasteiger partial charge is 0.381 e. The summed E-state index contributed by atoms with van der Waals surface area (Å²) in [6.45, 7) is 1.08. The zero-order valence-corrected chi connectivity index (χ0v) is 13.9. The lowest BCUT2D eigenvalue weighted by molar-refractivity contribution is 0.0696. The lowest BCUT2D eigenvalue weighted by Crippen LogP contribution is -2.39. The van der Waals surface area contributed by atoms with Crippen molar-refractivity contribution in [3.05, 3.63) is 28.0 Å². The SMILES string of the molecule is O=C(NC1CCOCC1)c1cc(F)cc(S(=O)(=O)Cl)c1Br. The summed E-state index contributed by atoms with van der Waals surface area (Å²) in [5, 5.41) is 2.73. The maximum atomic E-state index is 13.5. The number of rotatable bonds is 3. The smallest absolute Gasteiger partial charge is 0.262 e. The Balaban J connectivity index is 2.30. The number of carbonyl (C=O) groups is 1. The molecule has 1 aromatic carbocycles. The molecule has 1 heterocycles. The van der Waals surface area contributed by atoms with Crippen molar-refractivity contribution in [3.63, 3.8) is 0 Å². The van der Waals surface area contributed by atoms with Gasteiger partial charge in [-0.15, -0.1) is 0 Å². The molecule has 1 aromatic rings. The summed E-state index contributed by atoms with van der Waals surface area (Å²) in [7, 11) is 1.07. The highest BCUT2D eigenvalue weighted by atomic mass is 79.9. The van der Waals surface area contributed by atoms with Gasteiger partial charge in [0.2, 0.25) is 0 Å². The Morgan fingerprint density at radius 1 is 1.38 bits per heavy atom. The van der Waals surface area contributed by atoms with Crippen LogP contribution in [0.4, 0.5) is 4.39 Å². The first-order chi connectivity index (χ1) is 9.79. The van der Waals surface area contributed by atoms with Crippen molar-refractivity contribution in [1.29, 1.82) is 0 Å². The van der Waals surface area contributed by atoms with Gasteiger partial charge in [0.1, 0.15) is 10.7 Å². The standard InChI is InChI=1S/C12H12BrClFNO4S/c13-11-9(5-7(15)6-10(11)21(14,18)19)12(17)16-8-1-3-20-4-2-8/h5-6,8H,1-4H2,(H,16,17). The van der Waals surface area contributed by atoms with Crippen LogP contribution < -0.4 is 5.32 Å². The number of hydrogen-bond acceptors (Lipinski definition) is 4. The van der Waals surface area contributed by atoms with E-state index in [0.717, 1.165) is 12.1 Å². The van der Waals surface area contributed by atoms with Crippen LogP contribution in [0.1, 0.15) is 23.2 Å². The third-order valence-corrected chi connectivity index (χ3v) is 5.53. The summed E-state index contributed by atoms with van der Waals surface area (Å²) >= 11 is 3.00. The zero-order chi connectivity index (χ0) is 15.6. The van der Waals surface area contributed by atoms with Crippen LogP contribution in [0.25, 0.3) is 0 Å². The maximum absolute atomic E-state index is 13.5. The topological polar surface area (TPSA) is 72.5 Å². The zero-order valence-electron chi connectivity index (χ0n) is 10.7. The Morgan fingerprint density at radius 3 is 2.57 bits per heavy atom. The van der Waals surface area contributed by atoms with E-state index in [-0.39, 0.29) is 16.1 Å². The summed E-state index contributed by atoms with van der Waals surface area (Å²) in [4.78, 5) is 11.7. The molecule has 116 valence electrons. The lowest BCUT2D eigenvalue weighted by Gasteiger charge is -2.23. The van der Waals surface area contributed by atoms with E-state index < -0.39 is 25.7 Å². The molecule has 0 saturated carbocycles. The second-order valence-electron chi connectivity index (χ2n) is 4.56. The summed E-state index contributed by atoms with van der Waals surface area (Å²) in [6, 6.07) is 1.64. The predicted molar refractivity (Wildman–Crippen MR) is 78.4 cm³/mol. The minimum absolute atomic E-state index is 0.0524. The first-order valence-corrected chi connectivity index (χ1v) is 9.21. The number of ether oxygens (including phenoxy) is 1. The van der Waals surface area contributed by atoms with Crippen LogP contribution in [-0.4, -0.2) is 33.6 Å². The number of benzene rings is 1. The average molecular weight is 401 g/mol. The summed E-state index contributed by atoms with van der Waals surface area (Å²) < 4.78 is 41.4. The molecule has 1 saturated heterocycles. The van der Waals surface area contributed by atoms with Gasteiger partial charge in [-0.3, -0.25) is 4.79 Å². The van der Waals surface area contributed by atoms with Crippen LogP contribution >= 0.6 is 26.6 Å². The van der Waals surface area contributed by atoms with Gasteiger partial charge >= 0.3 is 0 Å². The van der Waals surface area contributed by atoms with Gasteiger partial charge in [0.15, 0.2) is 0 Å². The quantitative estimate of drug-likeness (QED) is 0.791. The normalized spacial score (nSPS) is 16.7. The van der Waals surface area contributed by atoms with Gasteiger partial charge in [0, 0.05) is 29.9 Å². The Kier molecular flexibility index (Phi) is 5.24. The minimum atomic E-state index is -4.16. The van der Waals surface area contributed by atoms with Crippen molar-refractivity contribution in [3.8, 4) is 0 Å². The van der Waals surface area contributed by atoms with E-state index in [1.165, 1.54) is 0 Å². The molecular weight excluding hydrogens is 389 g/mol. The fraction of sp³-hybridized carbons (Fsp3) is 0.417. The molecule has 1 N–H and O–H groups in total. The van der Waals surface area contributed by atoms with E-state index in [9.17, 15) is 17.6 Å². The van der Waals surface area contributed by atoms with Crippen molar-refractivity contribution in [1.82, 2.24) is 5.32 Å². The van der Waals surface area contributed by atoms with Crippen LogP contribution in [0.5, 0.6) is 0 Å². The van der Waals surface area contributed by atoms with E-state index in [1.54, 1.807) is 0 Å². The Labute approximate surface area is 134 Å². The first kappa shape index (κ1) is 16.7. The average Bonchev–Trinajstić information content (AvgIpc) is 2.40. The summed E-state index contributed by atoms with van der Waals surface area (Å²) in [6.07, 6.45) is 1.30. The third kappa shape index (κ3) is 4.15. The van der Waals surface area contributed by atoms with Gasteiger partial charge in [-0.1, -0.05) is 0 Å². The number of halogens is 3. The molecule has 0 unspecified atom stereocenters. The van der Waals surface area contributed by atoms with Gasteiger partial charge in [0.25, 0.3) is 15.0 Å². The minimum Gasteiger partial charge on any atom is -0.381 e. The van der Waals surface area contributed by atoms with Gasteiger partial charge in [-0.25, -0.2) is 12.8 Å². The maximum Gasteiger partial charge on any atom is 0.262 e. The molecule has 0 spiro atoms. The molecule has 5 nitrogen and oxygen atoms in total. The molecule has 1 amide bonds. The molecule has 0 radical (unpaired) electrons. The number of carbonyl (C=O) groups excluding carboxylic acids is 1.